The van der Waals surface area contributed by atoms with Gasteiger partial charge in [0.25, 0.3) is 0 Å². The lowest BCUT2D eigenvalue weighted by molar-refractivity contribution is -0.0508. The number of rotatable bonds is 5. The topological polar surface area (TPSA) is 48.7 Å². The Bertz CT molecular complexity index is 578. The Morgan fingerprint density at radius 1 is 1.26 bits per heavy atom. The summed E-state index contributed by atoms with van der Waals surface area (Å²) in [6.07, 6.45) is 0.525. The number of alkyl halides is 2. The molecule has 4 nitrogen and oxygen atoms in total. The van der Waals surface area contributed by atoms with Crippen LogP contribution in [0.4, 0.5) is 8.78 Å². The summed E-state index contributed by atoms with van der Waals surface area (Å²) in [4.78, 5) is 10.6. The number of benzene rings is 1. The van der Waals surface area contributed by atoms with Crippen LogP contribution in [0, 0.1) is 0 Å². The molecular formula is C13H10F2O4. The van der Waals surface area contributed by atoms with Gasteiger partial charge in [0.1, 0.15) is 5.76 Å². The van der Waals surface area contributed by atoms with Gasteiger partial charge < -0.3 is 13.9 Å². The fourth-order valence-electron chi connectivity index (χ4n) is 1.64. The lowest BCUT2D eigenvalue weighted by Crippen LogP contribution is -2.04. The molecule has 0 saturated carbocycles. The van der Waals surface area contributed by atoms with Crippen LogP contribution in [0.15, 0.2) is 34.7 Å². The molecule has 2 rings (SSSR count). The van der Waals surface area contributed by atoms with Crippen molar-refractivity contribution in [2.75, 3.05) is 7.11 Å². The number of furan rings is 1. The van der Waals surface area contributed by atoms with Crippen molar-refractivity contribution in [1.29, 1.82) is 0 Å². The van der Waals surface area contributed by atoms with E-state index >= 15 is 0 Å². The van der Waals surface area contributed by atoms with Crippen LogP contribution < -0.4 is 9.47 Å². The van der Waals surface area contributed by atoms with Gasteiger partial charge in [0.2, 0.25) is 0 Å². The second-order valence-corrected chi connectivity index (χ2v) is 3.54. The molecule has 0 fully saturated rings. The van der Waals surface area contributed by atoms with Crippen molar-refractivity contribution in [3.05, 3.63) is 36.1 Å². The number of halogens is 2. The number of carbonyl (C=O) groups excluding carboxylic acids is 1. The van der Waals surface area contributed by atoms with Crippen LogP contribution in [0.2, 0.25) is 0 Å². The third-order valence-corrected chi connectivity index (χ3v) is 2.41. The average molecular weight is 268 g/mol. The van der Waals surface area contributed by atoms with Gasteiger partial charge in [-0.3, -0.25) is 4.79 Å². The molecule has 0 spiro atoms. The van der Waals surface area contributed by atoms with E-state index in [0.29, 0.717) is 6.29 Å². The maximum Gasteiger partial charge on any atom is 0.387 e. The lowest BCUT2D eigenvalue weighted by atomic mass is 10.1. The number of aldehydes is 1. The van der Waals surface area contributed by atoms with Crippen LogP contribution in [0.5, 0.6) is 11.5 Å². The molecular weight excluding hydrogens is 258 g/mol. The number of hydrogen-bond acceptors (Lipinski definition) is 4. The molecule has 2 aromatic rings. The molecule has 0 amide bonds. The maximum absolute atomic E-state index is 12.4. The van der Waals surface area contributed by atoms with Crippen molar-refractivity contribution in [1.82, 2.24) is 0 Å². The highest BCUT2D eigenvalue weighted by Crippen LogP contribution is 2.39. The minimum Gasteiger partial charge on any atom is -0.493 e. The molecule has 0 aliphatic heterocycles. The largest absolute Gasteiger partial charge is 0.493 e. The van der Waals surface area contributed by atoms with Gasteiger partial charge in [-0.1, -0.05) is 6.07 Å². The standard InChI is InChI=1S/C13H10F2O4/c1-17-11-4-2-3-9(12(11)19-13(14)15)10-6-5-8(7-16)18-10/h2-7,13H,1H3. The predicted molar refractivity (Wildman–Crippen MR) is 62.7 cm³/mol. The smallest absolute Gasteiger partial charge is 0.387 e. The van der Waals surface area contributed by atoms with Crippen molar-refractivity contribution >= 4 is 6.29 Å². The quantitative estimate of drug-likeness (QED) is 0.780. The number of para-hydroxylation sites is 1. The van der Waals surface area contributed by atoms with Gasteiger partial charge in [-0.2, -0.15) is 8.78 Å². The molecule has 0 saturated heterocycles. The SMILES string of the molecule is COc1cccc(-c2ccc(C=O)o2)c1OC(F)F. The van der Waals surface area contributed by atoms with E-state index in [1.165, 1.54) is 31.4 Å². The van der Waals surface area contributed by atoms with Gasteiger partial charge in [-0.25, -0.2) is 0 Å². The Labute approximate surface area is 107 Å². The fraction of sp³-hybridized carbons (Fsp3) is 0.154. The zero-order valence-corrected chi connectivity index (χ0v) is 9.93. The average Bonchev–Trinajstić information content (AvgIpc) is 2.87. The first-order valence-corrected chi connectivity index (χ1v) is 5.33. The third-order valence-electron chi connectivity index (χ3n) is 2.41. The molecule has 0 atom stereocenters. The molecule has 0 aliphatic carbocycles. The Morgan fingerprint density at radius 2 is 2.05 bits per heavy atom. The molecule has 0 bridgehead atoms. The van der Waals surface area contributed by atoms with E-state index in [2.05, 4.69) is 4.74 Å². The summed E-state index contributed by atoms with van der Waals surface area (Å²) in [7, 11) is 1.34. The summed E-state index contributed by atoms with van der Waals surface area (Å²) in [6.45, 7) is -2.99. The van der Waals surface area contributed by atoms with Crippen LogP contribution in [0.3, 0.4) is 0 Å². The van der Waals surface area contributed by atoms with E-state index < -0.39 is 6.61 Å². The Hall–Kier alpha value is -2.37. The Morgan fingerprint density at radius 3 is 2.63 bits per heavy atom. The predicted octanol–water partition coefficient (Wildman–Crippen LogP) is 3.37. The van der Waals surface area contributed by atoms with Crippen LogP contribution in [0.1, 0.15) is 10.6 Å². The van der Waals surface area contributed by atoms with Crippen LogP contribution in [-0.4, -0.2) is 20.0 Å². The highest BCUT2D eigenvalue weighted by atomic mass is 19.3. The molecule has 0 N–H and O–H groups in total. The van der Waals surface area contributed by atoms with E-state index in [-0.39, 0.29) is 28.6 Å². The summed E-state index contributed by atoms with van der Waals surface area (Å²) in [5.74, 6) is 0.367. The number of ether oxygens (including phenoxy) is 2. The second kappa shape index (κ2) is 5.51. The van der Waals surface area contributed by atoms with Gasteiger partial charge in [-0.05, 0) is 24.3 Å². The monoisotopic (exact) mass is 268 g/mol. The molecule has 1 aromatic heterocycles. The van der Waals surface area contributed by atoms with E-state index in [0.717, 1.165) is 0 Å². The summed E-state index contributed by atoms with van der Waals surface area (Å²) in [5, 5.41) is 0. The molecule has 1 heterocycles. The Balaban J connectivity index is 2.51. The van der Waals surface area contributed by atoms with Crippen molar-refractivity contribution < 1.29 is 27.5 Å². The van der Waals surface area contributed by atoms with Crippen molar-refractivity contribution in [3.8, 4) is 22.8 Å². The van der Waals surface area contributed by atoms with Crippen LogP contribution in [0.25, 0.3) is 11.3 Å². The van der Waals surface area contributed by atoms with E-state index in [4.69, 9.17) is 9.15 Å². The van der Waals surface area contributed by atoms with Gasteiger partial charge in [-0.15, -0.1) is 0 Å². The van der Waals surface area contributed by atoms with Crippen LogP contribution >= 0.6 is 0 Å². The van der Waals surface area contributed by atoms with E-state index in [1.807, 2.05) is 0 Å². The minimum absolute atomic E-state index is 0.0980. The first-order valence-electron chi connectivity index (χ1n) is 5.33. The first-order chi connectivity index (χ1) is 9.15. The summed E-state index contributed by atoms with van der Waals surface area (Å²) >= 11 is 0. The summed E-state index contributed by atoms with van der Waals surface area (Å²) in [6, 6.07) is 7.57. The maximum atomic E-state index is 12.4. The lowest BCUT2D eigenvalue weighted by Gasteiger charge is -2.12. The molecule has 100 valence electrons. The highest BCUT2D eigenvalue weighted by Gasteiger charge is 2.18. The number of hydrogen-bond donors (Lipinski definition) is 0. The molecule has 6 heteroatoms. The summed E-state index contributed by atoms with van der Waals surface area (Å²) < 4.78 is 39.5. The Kier molecular flexibility index (Phi) is 3.79. The van der Waals surface area contributed by atoms with E-state index in [1.54, 1.807) is 6.07 Å². The van der Waals surface area contributed by atoms with Gasteiger partial charge in [0.05, 0.1) is 12.7 Å². The fourth-order valence-corrected chi connectivity index (χ4v) is 1.64. The minimum atomic E-state index is -2.99. The zero-order chi connectivity index (χ0) is 13.8. The van der Waals surface area contributed by atoms with Crippen LogP contribution in [-0.2, 0) is 0 Å². The third kappa shape index (κ3) is 2.73. The molecule has 0 radical (unpaired) electrons. The van der Waals surface area contributed by atoms with Gasteiger partial charge in [0, 0.05) is 0 Å². The normalized spacial score (nSPS) is 10.5. The number of methoxy groups -OCH3 is 1. The van der Waals surface area contributed by atoms with Gasteiger partial charge >= 0.3 is 6.61 Å². The van der Waals surface area contributed by atoms with Crippen molar-refractivity contribution in [3.63, 3.8) is 0 Å². The molecule has 0 aliphatic rings. The highest BCUT2D eigenvalue weighted by molar-refractivity contribution is 5.75. The van der Waals surface area contributed by atoms with Crippen molar-refractivity contribution in [2.45, 2.75) is 6.61 Å². The summed E-state index contributed by atoms with van der Waals surface area (Å²) in [5.41, 5.74) is 0.285. The number of carbonyl (C=O) groups is 1. The second-order valence-electron chi connectivity index (χ2n) is 3.54. The first kappa shape index (κ1) is 13.1. The molecule has 19 heavy (non-hydrogen) atoms. The molecule has 1 aromatic carbocycles. The molecule has 0 unspecified atom stereocenters. The van der Waals surface area contributed by atoms with E-state index in [9.17, 15) is 13.6 Å². The van der Waals surface area contributed by atoms with Crippen molar-refractivity contribution in [2.24, 2.45) is 0 Å². The zero-order valence-electron chi connectivity index (χ0n) is 9.93. The van der Waals surface area contributed by atoms with Gasteiger partial charge in [0.15, 0.2) is 23.5 Å².